The minimum absolute atomic E-state index is 0.0688. The van der Waals surface area contributed by atoms with Crippen molar-refractivity contribution in [1.82, 2.24) is 0 Å². The molecule has 0 radical (unpaired) electrons. The van der Waals surface area contributed by atoms with E-state index in [1.54, 1.807) is 31.2 Å². The molecule has 0 aromatic heterocycles. The third-order valence-corrected chi connectivity index (χ3v) is 4.53. The minimum atomic E-state index is -4.05. The molecule has 0 unspecified atom stereocenters. The van der Waals surface area contributed by atoms with Gasteiger partial charge in [0.15, 0.2) is 5.78 Å². The number of carbonyl (C=O) groups excluding carboxylic acids is 1. The van der Waals surface area contributed by atoms with Gasteiger partial charge in [-0.3, -0.25) is 4.79 Å². The Morgan fingerprint density at radius 1 is 1.14 bits per heavy atom. The summed E-state index contributed by atoms with van der Waals surface area (Å²) in [6.07, 6.45) is 0. The van der Waals surface area contributed by atoms with Gasteiger partial charge in [0.2, 0.25) is 0 Å². The smallest absolute Gasteiger partial charge is 0.340 e. The highest BCUT2D eigenvalue weighted by Gasteiger charge is 2.20. The van der Waals surface area contributed by atoms with Crippen LogP contribution < -0.4 is 4.18 Å². The van der Waals surface area contributed by atoms with Gasteiger partial charge in [0.1, 0.15) is 10.6 Å². The van der Waals surface area contributed by atoms with E-state index in [1.807, 2.05) is 0 Å². The van der Waals surface area contributed by atoms with E-state index in [0.29, 0.717) is 5.56 Å². The number of Topliss-reactive ketones (excluding diaryl/α,β-unsaturated/α-hetero) is 1. The van der Waals surface area contributed by atoms with Crippen LogP contribution in [-0.2, 0) is 10.1 Å². The van der Waals surface area contributed by atoms with Gasteiger partial charge >= 0.3 is 10.1 Å². The fraction of sp³-hybridized carbons (Fsp3) is 0.133. The van der Waals surface area contributed by atoms with Crippen molar-refractivity contribution in [2.45, 2.75) is 18.7 Å². The first kappa shape index (κ1) is 15.5. The van der Waals surface area contributed by atoms with E-state index >= 15 is 0 Å². The van der Waals surface area contributed by atoms with Crippen LogP contribution in [0.1, 0.15) is 22.8 Å². The molecule has 6 heteroatoms. The SMILES string of the molecule is CC(=O)c1cccc(OS(=O)(=O)c2ccc(C)cc2Cl)c1. The van der Waals surface area contributed by atoms with E-state index in [9.17, 15) is 13.2 Å². The van der Waals surface area contributed by atoms with Gasteiger partial charge in [0.05, 0.1) is 5.02 Å². The summed E-state index contributed by atoms with van der Waals surface area (Å²) < 4.78 is 29.5. The second kappa shape index (κ2) is 5.87. The standard InChI is InChI=1S/C15H13ClO4S/c1-10-6-7-15(14(16)8-10)21(18,19)20-13-5-3-4-12(9-13)11(2)17/h3-9H,1-2H3. The predicted octanol–water partition coefficient (Wildman–Crippen LogP) is 3.62. The maximum absolute atomic E-state index is 12.2. The maximum Gasteiger partial charge on any atom is 0.340 e. The molecule has 21 heavy (non-hydrogen) atoms. The van der Waals surface area contributed by atoms with Crippen LogP contribution in [-0.4, -0.2) is 14.2 Å². The van der Waals surface area contributed by atoms with Crippen LogP contribution in [0.4, 0.5) is 0 Å². The Balaban J connectivity index is 2.37. The van der Waals surface area contributed by atoms with Crippen molar-refractivity contribution < 1.29 is 17.4 Å². The summed E-state index contributed by atoms with van der Waals surface area (Å²) in [6, 6.07) is 10.5. The van der Waals surface area contributed by atoms with Crippen molar-refractivity contribution in [1.29, 1.82) is 0 Å². The Bertz CT molecular complexity index is 797. The molecule has 0 spiro atoms. The van der Waals surface area contributed by atoms with E-state index in [1.165, 1.54) is 25.1 Å². The predicted molar refractivity (Wildman–Crippen MR) is 80.4 cm³/mol. The Morgan fingerprint density at radius 2 is 1.86 bits per heavy atom. The molecule has 4 nitrogen and oxygen atoms in total. The lowest BCUT2D eigenvalue weighted by Gasteiger charge is -2.09. The summed E-state index contributed by atoms with van der Waals surface area (Å²) in [5.74, 6) is -0.106. The quantitative estimate of drug-likeness (QED) is 0.636. The van der Waals surface area contributed by atoms with E-state index in [4.69, 9.17) is 15.8 Å². The molecule has 2 rings (SSSR count). The zero-order chi connectivity index (χ0) is 15.6. The van der Waals surface area contributed by atoms with Crippen LogP contribution in [0.2, 0.25) is 5.02 Å². The summed E-state index contributed by atoms with van der Waals surface area (Å²) in [4.78, 5) is 11.2. The molecule has 0 heterocycles. The molecule has 0 saturated heterocycles. The number of hydrogen-bond donors (Lipinski definition) is 0. The third-order valence-electron chi connectivity index (χ3n) is 2.80. The fourth-order valence-corrected chi connectivity index (χ4v) is 3.24. The van der Waals surface area contributed by atoms with Crippen molar-refractivity contribution in [3.05, 3.63) is 58.6 Å². The van der Waals surface area contributed by atoms with Gasteiger partial charge in [-0.15, -0.1) is 0 Å². The average molecular weight is 325 g/mol. The van der Waals surface area contributed by atoms with E-state index < -0.39 is 10.1 Å². The lowest BCUT2D eigenvalue weighted by atomic mass is 10.1. The Labute approximate surface area is 128 Å². The van der Waals surface area contributed by atoms with Crippen molar-refractivity contribution >= 4 is 27.5 Å². The van der Waals surface area contributed by atoms with Gasteiger partial charge in [-0.1, -0.05) is 29.8 Å². The second-order valence-electron chi connectivity index (χ2n) is 4.56. The minimum Gasteiger partial charge on any atom is -0.379 e. The van der Waals surface area contributed by atoms with Crippen LogP contribution in [0, 0.1) is 6.92 Å². The number of hydrogen-bond acceptors (Lipinski definition) is 4. The first-order valence-corrected chi connectivity index (χ1v) is 7.90. The van der Waals surface area contributed by atoms with Crippen molar-refractivity contribution in [3.63, 3.8) is 0 Å². The van der Waals surface area contributed by atoms with E-state index in [2.05, 4.69) is 0 Å². The molecule has 0 saturated carbocycles. The third kappa shape index (κ3) is 3.62. The first-order chi connectivity index (χ1) is 9.79. The number of halogens is 1. The molecular formula is C15H13ClO4S. The molecule has 0 aliphatic carbocycles. The van der Waals surface area contributed by atoms with Crippen LogP contribution in [0.25, 0.3) is 0 Å². The number of rotatable bonds is 4. The van der Waals surface area contributed by atoms with Crippen LogP contribution >= 0.6 is 11.6 Å². The molecule has 0 amide bonds. The highest BCUT2D eigenvalue weighted by molar-refractivity contribution is 7.87. The van der Waals surface area contributed by atoms with Crippen LogP contribution in [0.15, 0.2) is 47.4 Å². The zero-order valence-electron chi connectivity index (χ0n) is 11.5. The molecule has 0 fully saturated rings. The van der Waals surface area contributed by atoms with Gasteiger partial charge in [0, 0.05) is 5.56 Å². The number of ketones is 1. The molecule has 110 valence electrons. The highest BCUT2D eigenvalue weighted by Crippen LogP contribution is 2.26. The molecule has 0 N–H and O–H groups in total. The van der Waals surface area contributed by atoms with Gasteiger partial charge < -0.3 is 4.18 Å². The van der Waals surface area contributed by atoms with Crippen molar-refractivity contribution in [3.8, 4) is 5.75 Å². The molecule has 0 atom stereocenters. The molecular weight excluding hydrogens is 312 g/mol. The molecule has 2 aromatic carbocycles. The lowest BCUT2D eigenvalue weighted by Crippen LogP contribution is -2.10. The number of aryl methyl sites for hydroxylation is 1. The van der Waals surface area contributed by atoms with E-state index in [-0.39, 0.29) is 21.5 Å². The van der Waals surface area contributed by atoms with E-state index in [0.717, 1.165) is 5.56 Å². The van der Waals surface area contributed by atoms with Crippen molar-refractivity contribution in [2.24, 2.45) is 0 Å². The summed E-state index contributed by atoms with van der Waals surface area (Å²) in [5, 5.41) is 0.0951. The largest absolute Gasteiger partial charge is 0.379 e. The topological polar surface area (TPSA) is 60.4 Å². The van der Waals surface area contributed by atoms with Crippen LogP contribution in [0.3, 0.4) is 0 Å². The Hall–Kier alpha value is -1.85. The van der Waals surface area contributed by atoms with Gasteiger partial charge in [0.25, 0.3) is 0 Å². The monoisotopic (exact) mass is 324 g/mol. The van der Waals surface area contributed by atoms with Gasteiger partial charge in [-0.05, 0) is 43.7 Å². The highest BCUT2D eigenvalue weighted by atomic mass is 35.5. The van der Waals surface area contributed by atoms with Gasteiger partial charge in [-0.25, -0.2) is 0 Å². The molecule has 2 aromatic rings. The molecule has 0 aliphatic heterocycles. The normalized spacial score (nSPS) is 11.2. The molecule has 0 aliphatic rings. The van der Waals surface area contributed by atoms with Gasteiger partial charge in [-0.2, -0.15) is 8.42 Å². The summed E-state index contributed by atoms with van der Waals surface area (Å²) in [5.41, 5.74) is 1.22. The Kier molecular flexibility index (Phi) is 4.34. The van der Waals surface area contributed by atoms with Crippen LogP contribution in [0.5, 0.6) is 5.75 Å². The second-order valence-corrected chi connectivity index (χ2v) is 6.48. The zero-order valence-corrected chi connectivity index (χ0v) is 13.0. The number of carbonyl (C=O) groups is 1. The Morgan fingerprint density at radius 3 is 2.48 bits per heavy atom. The molecule has 0 bridgehead atoms. The fourth-order valence-electron chi connectivity index (χ4n) is 1.75. The summed E-state index contributed by atoms with van der Waals surface area (Å²) in [6.45, 7) is 3.20. The lowest BCUT2D eigenvalue weighted by molar-refractivity contribution is 0.101. The number of benzene rings is 2. The average Bonchev–Trinajstić information content (AvgIpc) is 2.37. The maximum atomic E-state index is 12.2. The summed E-state index contributed by atoms with van der Waals surface area (Å²) in [7, 11) is -4.05. The first-order valence-electron chi connectivity index (χ1n) is 6.11. The summed E-state index contributed by atoms with van der Waals surface area (Å²) >= 11 is 5.95. The van der Waals surface area contributed by atoms with Crippen molar-refractivity contribution in [2.75, 3.05) is 0 Å².